The van der Waals surface area contributed by atoms with Crippen LogP contribution in [0, 0.1) is 0 Å². The molecule has 3 N–H and O–H groups in total. The summed E-state index contributed by atoms with van der Waals surface area (Å²) >= 11 is 0. The highest BCUT2D eigenvalue weighted by Gasteiger charge is 2.24. The van der Waals surface area contributed by atoms with E-state index in [0.717, 1.165) is 55.1 Å². The van der Waals surface area contributed by atoms with Crippen LogP contribution in [0.25, 0.3) is 5.65 Å². The molecular weight excluding hydrogens is 254 g/mol. The molecule has 20 heavy (non-hydrogen) atoms. The summed E-state index contributed by atoms with van der Waals surface area (Å²) in [6.45, 7) is 0.824. The highest BCUT2D eigenvalue weighted by Crippen LogP contribution is 2.31. The van der Waals surface area contributed by atoms with Crippen LogP contribution in [-0.2, 0) is 17.6 Å². The van der Waals surface area contributed by atoms with E-state index in [1.54, 1.807) is 0 Å². The van der Waals surface area contributed by atoms with E-state index in [9.17, 15) is 0 Å². The molecule has 1 atom stereocenters. The van der Waals surface area contributed by atoms with E-state index >= 15 is 0 Å². The lowest BCUT2D eigenvalue weighted by Crippen LogP contribution is -2.18. The second kappa shape index (κ2) is 4.71. The van der Waals surface area contributed by atoms with Crippen molar-refractivity contribution in [2.24, 2.45) is 5.84 Å². The molecule has 1 aliphatic heterocycles. The fourth-order valence-corrected chi connectivity index (χ4v) is 3.28. The summed E-state index contributed by atoms with van der Waals surface area (Å²) in [5.41, 5.74) is 7.03. The topological polar surface area (TPSA) is 77.5 Å². The average molecular weight is 273 g/mol. The van der Waals surface area contributed by atoms with Gasteiger partial charge in [0.25, 0.3) is 0 Å². The summed E-state index contributed by atoms with van der Waals surface area (Å²) in [5, 5.41) is 4.66. The first-order valence-electron chi connectivity index (χ1n) is 7.36. The smallest absolute Gasteiger partial charge is 0.158 e. The molecule has 1 saturated heterocycles. The molecule has 6 nitrogen and oxygen atoms in total. The normalized spacial score (nSPS) is 22.1. The maximum atomic E-state index is 5.73. The zero-order valence-electron chi connectivity index (χ0n) is 11.4. The Balaban J connectivity index is 1.87. The van der Waals surface area contributed by atoms with E-state index in [1.807, 2.05) is 10.6 Å². The first-order valence-corrected chi connectivity index (χ1v) is 7.36. The fourth-order valence-electron chi connectivity index (χ4n) is 3.28. The van der Waals surface area contributed by atoms with Gasteiger partial charge in [-0.05, 0) is 38.5 Å². The van der Waals surface area contributed by atoms with Gasteiger partial charge in [-0.3, -0.25) is 0 Å². The number of anilines is 1. The maximum absolute atomic E-state index is 5.73. The second-order valence-corrected chi connectivity index (χ2v) is 5.58. The Morgan fingerprint density at radius 2 is 2.20 bits per heavy atom. The SMILES string of the molecule is NNc1c2c(nc3cc(C4CCCO4)nn13)CCCC2. The Labute approximate surface area is 117 Å². The third-order valence-electron chi connectivity index (χ3n) is 4.29. The number of hydrazine groups is 1. The van der Waals surface area contributed by atoms with Gasteiger partial charge in [0.15, 0.2) is 5.65 Å². The molecule has 1 unspecified atom stereocenters. The molecule has 0 amide bonds. The van der Waals surface area contributed by atoms with Crippen molar-refractivity contribution in [3.63, 3.8) is 0 Å². The Hall–Kier alpha value is -1.66. The third-order valence-corrected chi connectivity index (χ3v) is 4.29. The number of hydrogen-bond donors (Lipinski definition) is 2. The van der Waals surface area contributed by atoms with Crippen molar-refractivity contribution in [3.8, 4) is 0 Å². The number of nitrogen functional groups attached to an aromatic ring is 1. The number of aryl methyl sites for hydroxylation is 1. The van der Waals surface area contributed by atoms with Crippen LogP contribution >= 0.6 is 0 Å². The highest BCUT2D eigenvalue weighted by atomic mass is 16.5. The largest absolute Gasteiger partial charge is 0.372 e. The molecule has 0 saturated carbocycles. The van der Waals surface area contributed by atoms with Crippen LogP contribution in [0.2, 0.25) is 0 Å². The van der Waals surface area contributed by atoms with Gasteiger partial charge in [0.05, 0.1) is 5.69 Å². The minimum atomic E-state index is 0.111. The van der Waals surface area contributed by atoms with Crippen LogP contribution in [0.4, 0.5) is 5.82 Å². The van der Waals surface area contributed by atoms with Gasteiger partial charge in [0.2, 0.25) is 0 Å². The molecule has 6 heteroatoms. The van der Waals surface area contributed by atoms with Crippen molar-refractivity contribution in [2.75, 3.05) is 12.0 Å². The minimum absolute atomic E-state index is 0.111. The minimum Gasteiger partial charge on any atom is -0.372 e. The monoisotopic (exact) mass is 273 g/mol. The summed E-state index contributed by atoms with van der Waals surface area (Å²) < 4.78 is 7.55. The van der Waals surface area contributed by atoms with Gasteiger partial charge in [-0.1, -0.05) is 0 Å². The Bertz CT molecular complexity index is 645. The number of nitrogens with two attached hydrogens (primary N) is 1. The van der Waals surface area contributed by atoms with E-state index in [1.165, 1.54) is 18.4 Å². The van der Waals surface area contributed by atoms with Crippen molar-refractivity contribution in [3.05, 3.63) is 23.0 Å². The van der Waals surface area contributed by atoms with E-state index < -0.39 is 0 Å². The van der Waals surface area contributed by atoms with Crippen molar-refractivity contribution in [1.82, 2.24) is 14.6 Å². The lowest BCUT2D eigenvalue weighted by atomic mass is 9.96. The predicted octanol–water partition coefficient (Wildman–Crippen LogP) is 1.75. The molecule has 0 bridgehead atoms. The van der Waals surface area contributed by atoms with Gasteiger partial charge in [-0.25, -0.2) is 10.8 Å². The van der Waals surface area contributed by atoms with Crippen LogP contribution in [0.5, 0.6) is 0 Å². The van der Waals surface area contributed by atoms with Crippen LogP contribution in [-0.4, -0.2) is 21.2 Å². The summed E-state index contributed by atoms with van der Waals surface area (Å²) in [6, 6.07) is 2.03. The summed E-state index contributed by atoms with van der Waals surface area (Å²) in [7, 11) is 0. The number of rotatable bonds is 2. The molecule has 2 aliphatic rings. The standard InChI is InChI=1S/C14H19N5O/c15-17-14-9-4-1-2-5-10(9)16-13-8-11(18-19(13)14)12-6-3-7-20-12/h8,12,17H,1-7,15H2. The first kappa shape index (κ1) is 12.1. The number of nitrogens with zero attached hydrogens (tertiary/aromatic N) is 3. The van der Waals surface area contributed by atoms with Gasteiger partial charge in [0, 0.05) is 23.9 Å². The maximum Gasteiger partial charge on any atom is 0.158 e. The summed E-state index contributed by atoms with van der Waals surface area (Å²) in [6.07, 6.45) is 6.69. The van der Waals surface area contributed by atoms with E-state index in [4.69, 9.17) is 15.6 Å². The summed E-state index contributed by atoms with van der Waals surface area (Å²) in [5.74, 6) is 6.62. The van der Waals surface area contributed by atoms with E-state index in [2.05, 4.69) is 10.5 Å². The first-order chi connectivity index (χ1) is 9.86. The number of nitrogens with one attached hydrogen (secondary N) is 1. The molecule has 0 spiro atoms. The third kappa shape index (κ3) is 1.79. The van der Waals surface area contributed by atoms with Crippen LogP contribution in [0.15, 0.2) is 6.07 Å². The van der Waals surface area contributed by atoms with Crippen molar-refractivity contribution < 1.29 is 4.74 Å². The lowest BCUT2D eigenvalue weighted by Gasteiger charge is -2.18. The van der Waals surface area contributed by atoms with Gasteiger partial charge in [-0.15, -0.1) is 0 Å². The summed E-state index contributed by atoms with van der Waals surface area (Å²) in [4.78, 5) is 4.77. The fraction of sp³-hybridized carbons (Fsp3) is 0.571. The average Bonchev–Trinajstić information content (AvgIpc) is 3.13. The van der Waals surface area contributed by atoms with Gasteiger partial charge in [0.1, 0.15) is 11.9 Å². The highest BCUT2D eigenvalue weighted by molar-refractivity contribution is 5.56. The molecule has 2 aromatic rings. The number of aromatic nitrogens is 3. The molecule has 4 rings (SSSR count). The Kier molecular flexibility index (Phi) is 2.85. The number of ether oxygens (including phenoxy) is 1. The van der Waals surface area contributed by atoms with Crippen molar-refractivity contribution in [2.45, 2.75) is 44.6 Å². The van der Waals surface area contributed by atoms with Gasteiger partial charge >= 0.3 is 0 Å². The van der Waals surface area contributed by atoms with Crippen molar-refractivity contribution in [1.29, 1.82) is 0 Å². The molecule has 3 heterocycles. The van der Waals surface area contributed by atoms with Crippen LogP contribution in [0.3, 0.4) is 0 Å². The van der Waals surface area contributed by atoms with E-state index in [0.29, 0.717) is 0 Å². The van der Waals surface area contributed by atoms with Crippen molar-refractivity contribution >= 4 is 11.5 Å². The van der Waals surface area contributed by atoms with Crippen LogP contribution in [0.1, 0.15) is 48.7 Å². The Morgan fingerprint density at radius 3 is 3.00 bits per heavy atom. The zero-order chi connectivity index (χ0) is 13.5. The second-order valence-electron chi connectivity index (χ2n) is 5.58. The predicted molar refractivity (Wildman–Crippen MR) is 75.4 cm³/mol. The molecule has 0 radical (unpaired) electrons. The Morgan fingerprint density at radius 1 is 1.30 bits per heavy atom. The quantitative estimate of drug-likeness (QED) is 0.644. The molecule has 1 aliphatic carbocycles. The molecule has 106 valence electrons. The zero-order valence-corrected chi connectivity index (χ0v) is 11.4. The molecule has 2 aromatic heterocycles. The van der Waals surface area contributed by atoms with Gasteiger partial charge < -0.3 is 10.2 Å². The van der Waals surface area contributed by atoms with E-state index in [-0.39, 0.29) is 6.10 Å². The molecular formula is C14H19N5O. The molecule has 0 aromatic carbocycles. The van der Waals surface area contributed by atoms with Crippen LogP contribution < -0.4 is 11.3 Å². The van der Waals surface area contributed by atoms with Gasteiger partial charge in [-0.2, -0.15) is 9.61 Å². The number of hydrogen-bond acceptors (Lipinski definition) is 5. The lowest BCUT2D eigenvalue weighted by molar-refractivity contribution is 0.108. The number of fused-ring (bicyclic) bond motifs is 2. The molecule has 1 fully saturated rings.